The molecule has 2 aromatic rings. The molecule has 0 bridgehead atoms. The van der Waals surface area contributed by atoms with Gasteiger partial charge in [-0.25, -0.2) is 19.9 Å². The van der Waals surface area contributed by atoms with Crippen LogP contribution in [0.2, 0.25) is 15.5 Å². The zero-order valence-corrected chi connectivity index (χ0v) is 15.8. The van der Waals surface area contributed by atoms with Gasteiger partial charge in [0.1, 0.15) is 33.7 Å². The molecule has 10 heteroatoms. The first-order valence-corrected chi connectivity index (χ1v) is 7.98. The van der Waals surface area contributed by atoms with Crippen molar-refractivity contribution in [3.63, 3.8) is 0 Å². The van der Waals surface area contributed by atoms with Crippen LogP contribution in [0.1, 0.15) is 32.4 Å². The summed E-state index contributed by atoms with van der Waals surface area (Å²) in [6.45, 7) is 5.19. The summed E-state index contributed by atoms with van der Waals surface area (Å²) < 4.78 is 5.12. The Morgan fingerprint density at radius 3 is 1.88 bits per heavy atom. The third-order valence-corrected chi connectivity index (χ3v) is 2.94. The van der Waals surface area contributed by atoms with Crippen molar-refractivity contribution in [3.05, 3.63) is 45.9 Å². The van der Waals surface area contributed by atoms with Crippen molar-refractivity contribution in [1.29, 1.82) is 5.26 Å². The van der Waals surface area contributed by atoms with Crippen molar-refractivity contribution in [1.82, 2.24) is 19.9 Å². The Hall–Kier alpha value is -2.01. The molecule has 7 nitrogen and oxygen atoms in total. The zero-order chi connectivity index (χ0) is 19.0. The first-order valence-electron chi connectivity index (χ1n) is 6.85. The largest absolute Gasteiger partial charge is 0.459 e. The molecule has 2 heterocycles. The van der Waals surface area contributed by atoms with Crippen LogP contribution in [0.4, 0.5) is 0 Å². The molecule has 2 aromatic heterocycles. The molecule has 2 rings (SSSR count). The number of hydrogen-bond acceptors (Lipinski definition) is 7. The van der Waals surface area contributed by atoms with Gasteiger partial charge in [0.2, 0.25) is 0 Å². The van der Waals surface area contributed by atoms with Crippen molar-refractivity contribution in [2.24, 2.45) is 0 Å². The number of hydrogen-bond donors (Lipinski definition) is 0. The van der Waals surface area contributed by atoms with Gasteiger partial charge in [-0.2, -0.15) is 5.26 Å². The first kappa shape index (κ1) is 21.0. The maximum absolute atomic E-state index is 11.8. The minimum atomic E-state index is -1.09. The molecule has 0 saturated carbocycles. The summed E-state index contributed by atoms with van der Waals surface area (Å²) in [6.07, 6.45) is 2.51. The van der Waals surface area contributed by atoms with Gasteiger partial charge >= 0.3 is 5.97 Å². The summed E-state index contributed by atoms with van der Waals surface area (Å²) in [4.78, 5) is 26.5. The average molecular weight is 403 g/mol. The molecule has 1 unspecified atom stereocenters. The van der Waals surface area contributed by atoms with E-state index < -0.39 is 17.5 Å². The molecule has 0 aliphatic rings. The molecule has 0 spiro atoms. The van der Waals surface area contributed by atoms with Crippen LogP contribution in [0, 0.1) is 11.3 Å². The highest BCUT2D eigenvalue weighted by molar-refractivity contribution is 6.33. The number of aromatic nitrogens is 4. The second-order valence-corrected chi connectivity index (χ2v) is 6.69. The fourth-order valence-corrected chi connectivity index (χ4v) is 1.92. The molecule has 132 valence electrons. The van der Waals surface area contributed by atoms with Crippen LogP contribution >= 0.6 is 34.8 Å². The summed E-state index contributed by atoms with van der Waals surface area (Å²) >= 11 is 16.5. The van der Waals surface area contributed by atoms with Crippen molar-refractivity contribution < 1.29 is 9.53 Å². The van der Waals surface area contributed by atoms with E-state index in [1.165, 1.54) is 24.8 Å². The highest BCUT2D eigenvalue weighted by Crippen LogP contribution is 2.19. The average Bonchev–Trinajstić information content (AvgIpc) is 2.46. The Bertz CT molecular complexity index is 757. The van der Waals surface area contributed by atoms with Crippen LogP contribution in [0.15, 0.2) is 24.8 Å². The van der Waals surface area contributed by atoms with E-state index in [0.717, 1.165) is 0 Å². The summed E-state index contributed by atoms with van der Waals surface area (Å²) in [6, 6.07) is 4.69. The van der Waals surface area contributed by atoms with E-state index in [4.69, 9.17) is 44.8 Å². The van der Waals surface area contributed by atoms with Gasteiger partial charge in [-0.15, -0.1) is 0 Å². The monoisotopic (exact) mass is 401 g/mol. The molecule has 1 atom stereocenters. The quantitative estimate of drug-likeness (QED) is 0.555. The molecule has 0 saturated heterocycles. The van der Waals surface area contributed by atoms with Gasteiger partial charge in [-0.05, 0) is 26.8 Å². The summed E-state index contributed by atoms with van der Waals surface area (Å²) in [5.74, 6) is -1.73. The number of carbonyl (C=O) groups is 1. The molecule has 0 aliphatic carbocycles. The van der Waals surface area contributed by atoms with Gasteiger partial charge in [0, 0.05) is 6.07 Å². The normalized spacial score (nSPS) is 11.6. The van der Waals surface area contributed by atoms with E-state index in [0.29, 0.717) is 10.3 Å². The molecule has 0 amide bonds. The van der Waals surface area contributed by atoms with E-state index in [1.54, 1.807) is 20.8 Å². The zero-order valence-electron chi connectivity index (χ0n) is 13.6. The molecule has 0 radical (unpaired) electrons. The Balaban J connectivity index is 0.000000324. The van der Waals surface area contributed by atoms with Crippen molar-refractivity contribution in [3.8, 4) is 6.07 Å². The smallest absolute Gasteiger partial charge is 0.330 e. The fourth-order valence-electron chi connectivity index (χ4n) is 1.42. The van der Waals surface area contributed by atoms with Crippen molar-refractivity contribution >= 4 is 40.8 Å². The number of nitrogens with zero attached hydrogens (tertiary/aromatic N) is 5. The van der Waals surface area contributed by atoms with Crippen molar-refractivity contribution in [2.45, 2.75) is 32.3 Å². The van der Waals surface area contributed by atoms with Gasteiger partial charge in [0.15, 0.2) is 5.92 Å². The molecule has 0 aliphatic heterocycles. The second kappa shape index (κ2) is 9.47. The van der Waals surface area contributed by atoms with Gasteiger partial charge in [0.05, 0.1) is 11.8 Å². The Labute approximate surface area is 160 Å². The minimum Gasteiger partial charge on any atom is -0.459 e. The van der Waals surface area contributed by atoms with Gasteiger partial charge < -0.3 is 4.74 Å². The van der Waals surface area contributed by atoms with Gasteiger partial charge in [0.25, 0.3) is 0 Å². The number of nitriles is 1. The molecule has 0 aromatic carbocycles. The standard InChI is InChI=1S/C11H12ClN3O2.C4H2Cl2N2/c1-11(2,3)17-10(16)7(5-13)8-4-9(12)15-6-14-8;5-3-1-4(6)8-2-7-3/h4,6-7H,1-3H3;1-2H. The summed E-state index contributed by atoms with van der Waals surface area (Å²) in [5.41, 5.74) is -0.412. The number of halogens is 3. The van der Waals surface area contributed by atoms with Crippen LogP contribution < -0.4 is 0 Å². The van der Waals surface area contributed by atoms with Crippen LogP contribution in [0.25, 0.3) is 0 Å². The third kappa shape index (κ3) is 8.07. The Kier molecular flexibility index (Phi) is 7.97. The second-order valence-electron chi connectivity index (χ2n) is 5.52. The molecule has 25 heavy (non-hydrogen) atoms. The number of carbonyl (C=O) groups excluding carboxylic acids is 1. The molecular formula is C15H14Cl3N5O2. The van der Waals surface area contributed by atoms with E-state index in [1.807, 2.05) is 6.07 Å². The fraction of sp³-hybridized carbons (Fsp3) is 0.333. The first-order chi connectivity index (χ1) is 11.6. The van der Waals surface area contributed by atoms with Crippen molar-refractivity contribution in [2.75, 3.05) is 0 Å². The predicted octanol–water partition coefficient (Wildman–Crippen LogP) is 3.86. The van der Waals surface area contributed by atoms with E-state index >= 15 is 0 Å². The van der Waals surface area contributed by atoms with E-state index in [2.05, 4.69) is 19.9 Å². The predicted molar refractivity (Wildman–Crippen MR) is 93.3 cm³/mol. The Morgan fingerprint density at radius 1 is 1.04 bits per heavy atom. The lowest BCUT2D eigenvalue weighted by atomic mass is 10.1. The molecule has 0 fully saturated rings. The molecular weight excluding hydrogens is 389 g/mol. The van der Waals surface area contributed by atoms with Gasteiger partial charge in [-0.3, -0.25) is 4.79 Å². The topological polar surface area (TPSA) is 102 Å². The maximum atomic E-state index is 11.8. The summed E-state index contributed by atoms with van der Waals surface area (Å²) in [5, 5.41) is 9.89. The highest BCUT2D eigenvalue weighted by atomic mass is 35.5. The minimum absolute atomic E-state index is 0.179. The lowest BCUT2D eigenvalue weighted by molar-refractivity contribution is -0.155. The van der Waals surface area contributed by atoms with Crippen LogP contribution in [-0.2, 0) is 9.53 Å². The van der Waals surface area contributed by atoms with E-state index in [9.17, 15) is 4.79 Å². The van der Waals surface area contributed by atoms with E-state index in [-0.39, 0.29) is 10.8 Å². The summed E-state index contributed by atoms with van der Waals surface area (Å²) in [7, 11) is 0. The molecule has 0 N–H and O–H groups in total. The van der Waals surface area contributed by atoms with Gasteiger partial charge in [-0.1, -0.05) is 34.8 Å². The lowest BCUT2D eigenvalue weighted by Crippen LogP contribution is -2.27. The SMILES string of the molecule is CC(C)(C)OC(=O)C(C#N)c1cc(Cl)ncn1.Clc1cc(Cl)ncn1. The highest BCUT2D eigenvalue weighted by Gasteiger charge is 2.27. The third-order valence-electron chi connectivity index (χ3n) is 2.32. The number of rotatable bonds is 2. The number of ether oxygens (including phenoxy) is 1. The van der Waals surface area contributed by atoms with Crippen LogP contribution in [0.5, 0.6) is 0 Å². The number of esters is 1. The maximum Gasteiger partial charge on any atom is 0.330 e. The van der Waals surface area contributed by atoms with Crippen LogP contribution in [0.3, 0.4) is 0 Å². The van der Waals surface area contributed by atoms with Crippen LogP contribution in [-0.4, -0.2) is 31.5 Å². The Morgan fingerprint density at radius 2 is 1.52 bits per heavy atom. The lowest BCUT2D eigenvalue weighted by Gasteiger charge is -2.21.